The van der Waals surface area contributed by atoms with E-state index in [0.717, 1.165) is 11.1 Å². The number of carbonyl (C=O) groups is 1. The lowest BCUT2D eigenvalue weighted by Gasteiger charge is -2.39. The van der Waals surface area contributed by atoms with Gasteiger partial charge >= 0.3 is 6.09 Å². The summed E-state index contributed by atoms with van der Waals surface area (Å²) in [6.45, 7) is 8.43. The molecule has 1 saturated heterocycles. The van der Waals surface area contributed by atoms with Gasteiger partial charge in [0.2, 0.25) is 0 Å². The Kier molecular flexibility index (Phi) is 4.73. The van der Waals surface area contributed by atoms with E-state index in [1.165, 1.54) is 0 Å². The van der Waals surface area contributed by atoms with Crippen molar-refractivity contribution in [1.29, 1.82) is 0 Å². The van der Waals surface area contributed by atoms with E-state index >= 15 is 0 Å². The van der Waals surface area contributed by atoms with E-state index in [0.29, 0.717) is 31.0 Å². The molecule has 0 radical (unpaired) electrons. The molecule has 0 unspecified atom stereocenters. The maximum Gasteiger partial charge on any atom is 0.410 e. The minimum Gasteiger partial charge on any atom is -0.444 e. The fraction of sp³-hybridized carbons (Fsp3) is 0.588. The number of ether oxygens (including phenoxy) is 1. The molecule has 0 bridgehead atoms. The molecular weight excluding hydrogens is 302 g/mol. The summed E-state index contributed by atoms with van der Waals surface area (Å²) in [6.07, 6.45) is 0.669. The molecule has 1 fully saturated rings. The van der Waals surface area contributed by atoms with E-state index in [9.17, 15) is 9.90 Å². The smallest absolute Gasteiger partial charge is 0.410 e. The second-order valence-corrected chi connectivity index (χ2v) is 7.37. The van der Waals surface area contributed by atoms with Crippen LogP contribution in [0.5, 0.6) is 0 Å². The van der Waals surface area contributed by atoms with E-state index in [4.69, 9.17) is 16.3 Å². The molecule has 1 aliphatic heterocycles. The van der Waals surface area contributed by atoms with Gasteiger partial charge < -0.3 is 14.7 Å². The number of halogens is 1. The van der Waals surface area contributed by atoms with Crippen molar-refractivity contribution in [2.24, 2.45) is 0 Å². The molecule has 0 aromatic heterocycles. The first-order chi connectivity index (χ1) is 10.1. The number of likely N-dealkylation sites (tertiary alicyclic amines) is 1. The average Bonchev–Trinajstić information content (AvgIpc) is 2.40. The van der Waals surface area contributed by atoms with Gasteiger partial charge in [0.25, 0.3) is 0 Å². The Morgan fingerprint density at radius 3 is 2.41 bits per heavy atom. The number of nitrogens with zero attached hydrogens (tertiary/aromatic N) is 1. The number of benzene rings is 1. The number of aryl methyl sites for hydroxylation is 1. The van der Waals surface area contributed by atoms with Gasteiger partial charge in [-0.25, -0.2) is 4.79 Å². The van der Waals surface area contributed by atoms with Crippen molar-refractivity contribution < 1.29 is 14.6 Å². The summed E-state index contributed by atoms with van der Waals surface area (Å²) in [4.78, 5) is 13.7. The van der Waals surface area contributed by atoms with Crippen LogP contribution in [-0.4, -0.2) is 34.8 Å². The minimum atomic E-state index is -0.909. The predicted molar refractivity (Wildman–Crippen MR) is 87.1 cm³/mol. The quantitative estimate of drug-likeness (QED) is 0.852. The van der Waals surface area contributed by atoms with E-state index in [1.807, 2.05) is 45.9 Å². The van der Waals surface area contributed by atoms with E-state index in [1.54, 1.807) is 4.90 Å². The topological polar surface area (TPSA) is 49.8 Å². The Labute approximate surface area is 137 Å². The van der Waals surface area contributed by atoms with Crippen molar-refractivity contribution in [2.45, 2.75) is 51.7 Å². The molecule has 0 saturated carbocycles. The third-order valence-electron chi connectivity index (χ3n) is 3.94. The summed E-state index contributed by atoms with van der Waals surface area (Å²) < 4.78 is 5.37. The molecule has 0 atom stereocenters. The van der Waals surface area contributed by atoms with Gasteiger partial charge in [0.1, 0.15) is 5.60 Å². The zero-order chi connectivity index (χ0) is 16.5. The molecule has 1 heterocycles. The predicted octanol–water partition coefficient (Wildman–Crippen LogP) is 3.87. The first kappa shape index (κ1) is 17.1. The summed E-state index contributed by atoms with van der Waals surface area (Å²) in [5, 5.41) is 11.6. The molecule has 1 aromatic carbocycles. The Balaban J connectivity index is 2.04. The van der Waals surface area contributed by atoms with Crippen LogP contribution in [0.3, 0.4) is 0 Å². The zero-order valence-corrected chi connectivity index (χ0v) is 14.4. The highest BCUT2D eigenvalue weighted by molar-refractivity contribution is 6.31. The Hall–Kier alpha value is -1.26. The first-order valence-corrected chi connectivity index (χ1v) is 7.95. The van der Waals surface area contributed by atoms with Crippen molar-refractivity contribution >= 4 is 17.7 Å². The van der Waals surface area contributed by atoms with Crippen molar-refractivity contribution in [3.05, 3.63) is 34.3 Å². The van der Waals surface area contributed by atoms with Gasteiger partial charge in [0, 0.05) is 18.1 Å². The molecule has 1 N–H and O–H groups in total. The molecule has 1 amide bonds. The number of carbonyl (C=O) groups excluding carboxylic acids is 1. The molecule has 2 rings (SSSR count). The third kappa shape index (κ3) is 3.93. The average molecular weight is 326 g/mol. The molecule has 0 aliphatic carbocycles. The fourth-order valence-electron chi connectivity index (χ4n) is 2.61. The Morgan fingerprint density at radius 2 is 1.91 bits per heavy atom. The summed E-state index contributed by atoms with van der Waals surface area (Å²) in [6, 6.07) is 5.59. The first-order valence-electron chi connectivity index (χ1n) is 7.58. The standard InChI is InChI=1S/C17H24ClNO3/c1-12-11-13(5-6-14(12)18)17(21)7-9-19(10-8-17)15(20)22-16(2,3)4/h5-6,11,21H,7-10H2,1-4H3. The van der Waals surface area contributed by atoms with Gasteiger partial charge in [0.15, 0.2) is 0 Å². The van der Waals surface area contributed by atoms with Crippen LogP contribution in [0.1, 0.15) is 44.7 Å². The number of hydrogen-bond donors (Lipinski definition) is 1. The summed E-state index contributed by atoms with van der Waals surface area (Å²) in [5.74, 6) is 0. The van der Waals surface area contributed by atoms with Crippen LogP contribution in [0.4, 0.5) is 4.79 Å². The van der Waals surface area contributed by atoms with Crippen LogP contribution in [0.25, 0.3) is 0 Å². The zero-order valence-electron chi connectivity index (χ0n) is 13.6. The molecule has 122 valence electrons. The number of rotatable bonds is 1. The Morgan fingerprint density at radius 1 is 1.32 bits per heavy atom. The highest BCUT2D eigenvalue weighted by Crippen LogP contribution is 2.34. The lowest BCUT2D eigenvalue weighted by Crippen LogP contribution is -2.46. The van der Waals surface area contributed by atoms with Crippen molar-refractivity contribution in [2.75, 3.05) is 13.1 Å². The number of amides is 1. The monoisotopic (exact) mass is 325 g/mol. The van der Waals surface area contributed by atoms with Crippen LogP contribution < -0.4 is 0 Å². The van der Waals surface area contributed by atoms with E-state index in [-0.39, 0.29) is 6.09 Å². The maximum atomic E-state index is 12.1. The minimum absolute atomic E-state index is 0.318. The molecule has 22 heavy (non-hydrogen) atoms. The van der Waals surface area contributed by atoms with Gasteiger partial charge in [-0.05, 0) is 57.7 Å². The molecule has 1 aromatic rings. The van der Waals surface area contributed by atoms with Gasteiger partial charge in [-0.2, -0.15) is 0 Å². The second-order valence-electron chi connectivity index (χ2n) is 6.96. The fourth-order valence-corrected chi connectivity index (χ4v) is 2.73. The van der Waals surface area contributed by atoms with Gasteiger partial charge in [-0.3, -0.25) is 0 Å². The van der Waals surface area contributed by atoms with Crippen LogP contribution in [0.2, 0.25) is 5.02 Å². The van der Waals surface area contributed by atoms with Crippen molar-refractivity contribution in [1.82, 2.24) is 4.90 Å². The van der Waals surface area contributed by atoms with Gasteiger partial charge in [-0.15, -0.1) is 0 Å². The van der Waals surface area contributed by atoms with E-state index in [2.05, 4.69) is 0 Å². The lowest BCUT2D eigenvalue weighted by atomic mass is 9.84. The largest absolute Gasteiger partial charge is 0.444 e. The molecule has 4 nitrogen and oxygen atoms in total. The summed E-state index contributed by atoms with van der Waals surface area (Å²) in [5.41, 5.74) is 0.395. The molecular formula is C17H24ClNO3. The Bertz CT molecular complexity index is 558. The molecule has 5 heteroatoms. The number of hydrogen-bond acceptors (Lipinski definition) is 3. The maximum absolute atomic E-state index is 12.1. The molecule has 1 aliphatic rings. The van der Waals surface area contributed by atoms with E-state index < -0.39 is 11.2 Å². The third-order valence-corrected chi connectivity index (χ3v) is 4.36. The normalized spacial score (nSPS) is 18.2. The van der Waals surface area contributed by atoms with Crippen molar-refractivity contribution in [3.63, 3.8) is 0 Å². The lowest BCUT2D eigenvalue weighted by molar-refractivity contribution is -0.0356. The van der Waals surface area contributed by atoms with Gasteiger partial charge in [0.05, 0.1) is 5.60 Å². The summed E-state index contributed by atoms with van der Waals surface area (Å²) >= 11 is 6.04. The highest BCUT2D eigenvalue weighted by Gasteiger charge is 2.36. The second kappa shape index (κ2) is 6.09. The highest BCUT2D eigenvalue weighted by atomic mass is 35.5. The molecule has 0 spiro atoms. The SMILES string of the molecule is Cc1cc(C2(O)CCN(C(=O)OC(C)(C)C)CC2)ccc1Cl. The number of aliphatic hydroxyl groups is 1. The van der Waals surface area contributed by atoms with Crippen molar-refractivity contribution in [3.8, 4) is 0 Å². The van der Waals surface area contributed by atoms with Gasteiger partial charge in [-0.1, -0.05) is 23.7 Å². The number of piperidine rings is 1. The van der Waals surface area contributed by atoms with Crippen LogP contribution in [0.15, 0.2) is 18.2 Å². The summed E-state index contributed by atoms with van der Waals surface area (Å²) in [7, 11) is 0. The van der Waals surface area contributed by atoms with Crippen LogP contribution in [0, 0.1) is 6.92 Å². The van der Waals surface area contributed by atoms with Crippen LogP contribution in [-0.2, 0) is 10.3 Å². The van der Waals surface area contributed by atoms with Crippen LogP contribution >= 0.6 is 11.6 Å².